The van der Waals surface area contributed by atoms with Gasteiger partial charge in [-0.15, -0.1) is 0 Å². The number of nitrogens with one attached hydrogen (secondary N) is 1. The van der Waals surface area contributed by atoms with Gasteiger partial charge in [0.25, 0.3) is 0 Å². The largest absolute Gasteiger partial charge is 0.342 e. The number of halogens is 1. The Bertz CT molecular complexity index is 977. The van der Waals surface area contributed by atoms with E-state index < -0.39 is 11.6 Å². The summed E-state index contributed by atoms with van der Waals surface area (Å²) in [4.78, 5) is 31.6. The molecule has 2 saturated heterocycles. The summed E-state index contributed by atoms with van der Waals surface area (Å²) in [6.45, 7) is 9.31. The quantitative estimate of drug-likeness (QED) is 0.713. The summed E-state index contributed by atoms with van der Waals surface area (Å²) in [6, 6.07) is 17.3. The minimum Gasteiger partial charge on any atom is -0.342 e. The van der Waals surface area contributed by atoms with Crippen LogP contribution in [0.25, 0.3) is 0 Å². The van der Waals surface area contributed by atoms with E-state index in [4.69, 9.17) is 11.6 Å². The van der Waals surface area contributed by atoms with Crippen LogP contribution in [0.3, 0.4) is 0 Å². The van der Waals surface area contributed by atoms with Crippen molar-refractivity contribution in [2.75, 3.05) is 19.6 Å². The molecule has 6 heteroatoms. The second-order valence-corrected chi connectivity index (χ2v) is 11.1. The van der Waals surface area contributed by atoms with Crippen molar-refractivity contribution >= 4 is 23.4 Å². The van der Waals surface area contributed by atoms with Crippen molar-refractivity contribution in [3.8, 4) is 0 Å². The van der Waals surface area contributed by atoms with E-state index in [0.29, 0.717) is 25.8 Å². The van der Waals surface area contributed by atoms with Crippen molar-refractivity contribution in [3.05, 3.63) is 70.7 Å². The predicted octanol–water partition coefficient (Wildman–Crippen LogP) is 4.29. The maximum atomic E-state index is 13.7. The molecule has 5 nitrogen and oxygen atoms in total. The molecular formula is C27H34ClN3O2. The highest BCUT2D eigenvalue weighted by molar-refractivity contribution is 6.30. The number of hydrogen-bond acceptors (Lipinski definition) is 3. The molecule has 4 rings (SSSR count). The summed E-state index contributed by atoms with van der Waals surface area (Å²) in [5, 5.41) is 3.83. The fourth-order valence-corrected chi connectivity index (χ4v) is 5.12. The second-order valence-electron chi connectivity index (χ2n) is 10.6. The molecule has 1 atom stereocenters. The standard InChI is InChI=1S/C27H34ClN3O2/c1-26(2,3)19-31-24(32)23(17-20-7-5-4-6-8-20)29-25(33)27(31)13-15-30(16-14-27)18-21-9-11-22(28)12-10-21/h4-12,23H,13-19H2,1-3H3,(H,29,33). The first-order valence-corrected chi connectivity index (χ1v) is 12.2. The molecule has 1 unspecified atom stereocenters. The lowest BCUT2D eigenvalue weighted by Crippen LogP contribution is -2.73. The van der Waals surface area contributed by atoms with Gasteiger partial charge in [-0.05, 0) is 41.5 Å². The summed E-state index contributed by atoms with van der Waals surface area (Å²) in [5.74, 6) is 0.0398. The van der Waals surface area contributed by atoms with Crippen molar-refractivity contribution in [1.82, 2.24) is 15.1 Å². The Morgan fingerprint density at radius 1 is 0.970 bits per heavy atom. The van der Waals surface area contributed by atoms with Gasteiger partial charge in [-0.1, -0.05) is 74.8 Å². The SMILES string of the molecule is CC(C)(C)CN1C(=O)C(Cc2ccccc2)NC(=O)C12CCN(Cc1ccc(Cl)cc1)CC2. The lowest BCUT2D eigenvalue weighted by Gasteiger charge is -2.53. The normalized spacial score (nSPS) is 21.3. The maximum absolute atomic E-state index is 13.7. The molecule has 0 radical (unpaired) electrons. The van der Waals surface area contributed by atoms with Crippen LogP contribution in [0.5, 0.6) is 0 Å². The van der Waals surface area contributed by atoms with Crippen molar-refractivity contribution in [3.63, 3.8) is 0 Å². The first kappa shape index (κ1) is 23.8. The van der Waals surface area contributed by atoms with Crippen molar-refractivity contribution in [2.24, 2.45) is 5.41 Å². The molecule has 2 aromatic rings. The van der Waals surface area contributed by atoms with Crippen LogP contribution in [-0.2, 0) is 22.6 Å². The molecule has 176 valence electrons. The van der Waals surface area contributed by atoms with Crippen LogP contribution in [0.4, 0.5) is 0 Å². The van der Waals surface area contributed by atoms with E-state index in [1.165, 1.54) is 5.56 Å². The van der Waals surface area contributed by atoms with Gasteiger partial charge in [0, 0.05) is 37.6 Å². The Labute approximate surface area is 202 Å². The van der Waals surface area contributed by atoms with Gasteiger partial charge < -0.3 is 10.2 Å². The number of carbonyl (C=O) groups is 2. The zero-order chi connectivity index (χ0) is 23.6. The molecule has 2 heterocycles. The van der Waals surface area contributed by atoms with Gasteiger partial charge in [-0.3, -0.25) is 14.5 Å². The second kappa shape index (κ2) is 9.47. The number of piperidine rings is 1. The highest BCUT2D eigenvalue weighted by atomic mass is 35.5. The number of carbonyl (C=O) groups excluding carboxylic acids is 2. The number of benzene rings is 2. The van der Waals surface area contributed by atoms with E-state index in [0.717, 1.165) is 30.2 Å². The average Bonchev–Trinajstić information content (AvgIpc) is 2.78. The maximum Gasteiger partial charge on any atom is 0.246 e. The first-order chi connectivity index (χ1) is 15.7. The third kappa shape index (κ3) is 5.42. The molecule has 2 amide bonds. The third-order valence-corrected chi connectivity index (χ3v) is 6.98. The van der Waals surface area contributed by atoms with Crippen LogP contribution in [0.1, 0.15) is 44.7 Å². The van der Waals surface area contributed by atoms with Crippen LogP contribution in [0.15, 0.2) is 54.6 Å². The highest BCUT2D eigenvalue weighted by Crippen LogP contribution is 2.36. The van der Waals surface area contributed by atoms with Gasteiger partial charge >= 0.3 is 0 Å². The van der Waals surface area contributed by atoms with Gasteiger partial charge in [0.1, 0.15) is 11.6 Å². The minimum atomic E-state index is -0.770. The molecule has 0 aromatic heterocycles. The Morgan fingerprint density at radius 3 is 2.21 bits per heavy atom. The summed E-state index contributed by atoms with van der Waals surface area (Å²) in [5.41, 5.74) is 1.39. The molecule has 2 aromatic carbocycles. The Kier molecular flexibility index (Phi) is 6.83. The Morgan fingerprint density at radius 2 is 1.61 bits per heavy atom. The van der Waals surface area contributed by atoms with Crippen LogP contribution in [-0.4, -0.2) is 52.8 Å². The smallest absolute Gasteiger partial charge is 0.246 e. The molecule has 0 aliphatic carbocycles. The van der Waals surface area contributed by atoms with E-state index in [2.05, 4.69) is 31.0 Å². The van der Waals surface area contributed by atoms with E-state index >= 15 is 0 Å². The monoisotopic (exact) mass is 467 g/mol. The summed E-state index contributed by atoms with van der Waals surface area (Å²) in [7, 11) is 0. The molecular weight excluding hydrogens is 434 g/mol. The molecule has 0 saturated carbocycles. The number of amides is 2. The first-order valence-electron chi connectivity index (χ1n) is 11.8. The van der Waals surface area contributed by atoms with E-state index in [9.17, 15) is 9.59 Å². The number of nitrogens with zero attached hydrogens (tertiary/aromatic N) is 2. The lowest BCUT2D eigenvalue weighted by atomic mass is 9.79. The number of hydrogen-bond donors (Lipinski definition) is 1. The van der Waals surface area contributed by atoms with E-state index in [1.54, 1.807) is 0 Å². The minimum absolute atomic E-state index is 0.00146. The zero-order valence-electron chi connectivity index (χ0n) is 19.8. The van der Waals surface area contributed by atoms with Crippen molar-refractivity contribution in [2.45, 2.75) is 58.2 Å². The Hall–Kier alpha value is -2.37. The van der Waals surface area contributed by atoms with Gasteiger partial charge in [-0.25, -0.2) is 0 Å². The lowest BCUT2D eigenvalue weighted by molar-refractivity contribution is -0.163. The van der Waals surface area contributed by atoms with E-state index in [1.807, 2.05) is 59.5 Å². The molecule has 2 aliphatic heterocycles. The molecule has 1 N–H and O–H groups in total. The number of rotatable bonds is 5. The van der Waals surface area contributed by atoms with Crippen LogP contribution >= 0.6 is 11.6 Å². The van der Waals surface area contributed by atoms with Gasteiger partial charge in [0.15, 0.2) is 0 Å². The van der Waals surface area contributed by atoms with Crippen LogP contribution in [0, 0.1) is 5.41 Å². The van der Waals surface area contributed by atoms with Crippen molar-refractivity contribution in [1.29, 1.82) is 0 Å². The molecule has 1 spiro atoms. The molecule has 0 bridgehead atoms. The molecule has 2 aliphatic rings. The summed E-state index contributed by atoms with van der Waals surface area (Å²) >= 11 is 6.02. The zero-order valence-corrected chi connectivity index (χ0v) is 20.6. The van der Waals surface area contributed by atoms with E-state index in [-0.39, 0.29) is 17.2 Å². The average molecular weight is 468 g/mol. The summed E-state index contributed by atoms with van der Waals surface area (Å²) in [6.07, 6.45) is 1.81. The fourth-order valence-electron chi connectivity index (χ4n) is 4.99. The van der Waals surface area contributed by atoms with Gasteiger partial charge in [-0.2, -0.15) is 0 Å². The highest BCUT2D eigenvalue weighted by Gasteiger charge is 2.54. The van der Waals surface area contributed by atoms with Gasteiger partial charge in [0.2, 0.25) is 11.8 Å². The third-order valence-electron chi connectivity index (χ3n) is 6.73. The molecule has 33 heavy (non-hydrogen) atoms. The van der Waals surface area contributed by atoms with Crippen LogP contribution in [0.2, 0.25) is 5.02 Å². The van der Waals surface area contributed by atoms with Crippen LogP contribution < -0.4 is 5.32 Å². The summed E-state index contributed by atoms with van der Waals surface area (Å²) < 4.78 is 0. The Balaban J connectivity index is 1.51. The van der Waals surface area contributed by atoms with Crippen molar-refractivity contribution < 1.29 is 9.59 Å². The predicted molar refractivity (Wildman–Crippen MR) is 132 cm³/mol. The molecule has 2 fully saturated rings. The fraction of sp³-hybridized carbons (Fsp3) is 0.481. The topological polar surface area (TPSA) is 52.7 Å². The number of piperazine rings is 1. The van der Waals surface area contributed by atoms with Gasteiger partial charge in [0.05, 0.1) is 0 Å². The number of likely N-dealkylation sites (tertiary alicyclic amines) is 1.